The van der Waals surface area contributed by atoms with Gasteiger partial charge in [-0.3, -0.25) is 48.3 Å². The molecular formula is C72H99N19O10. The molecular weight excluding hydrogens is 1290 g/mol. The Bertz CT molecular complexity index is 3990. The lowest BCUT2D eigenvalue weighted by Gasteiger charge is -2.30. The normalized spacial score (nSPS) is 14.3. The quantitative estimate of drug-likeness (QED) is 0.0148. The van der Waals surface area contributed by atoms with E-state index in [4.69, 9.17) is 34.4 Å². The van der Waals surface area contributed by atoms with Gasteiger partial charge in [0.05, 0.1) is 6.04 Å². The number of amides is 8. The molecule has 0 aliphatic heterocycles. The number of guanidine groups is 2. The van der Waals surface area contributed by atoms with E-state index in [-0.39, 0.29) is 88.7 Å². The van der Waals surface area contributed by atoms with Crippen LogP contribution in [0.3, 0.4) is 0 Å². The smallest absolute Gasteiger partial charge is 0.326 e. The molecule has 24 N–H and O–H groups in total. The van der Waals surface area contributed by atoms with Crippen molar-refractivity contribution in [3.63, 3.8) is 0 Å². The zero-order valence-electron chi connectivity index (χ0n) is 57.7. The number of nitrogens with one attached hydrogen (secondary N) is 11. The highest BCUT2D eigenvalue weighted by atomic mass is 16.4. The van der Waals surface area contributed by atoms with Crippen LogP contribution in [0.2, 0.25) is 0 Å². The van der Waals surface area contributed by atoms with Gasteiger partial charge in [-0.15, -0.1) is 0 Å². The van der Waals surface area contributed by atoms with Crippen molar-refractivity contribution in [1.82, 2.24) is 57.5 Å². The van der Waals surface area contributed by atoms with Crippen LogP contribution in [0.15, 0.2) is 132 Å². The molecule has 0 unspecified atom stereocenters. The summed E-state index contributed by atoms with van der Waals surface area (Å²) in [6, 6.07) is 18.9. The third kappa shape index (κ3) is 23.4. The zero-order chi connectivity index (χ0) is 73.1. The number of para-hydroxylation sites is 3. The summed E-state index contributed by atoms with van der Waals surface area (Å²) >= 11 is 0. The minimum atomic E-state index is -1.47. The second kappa shape index (κ2) is 38.5. The van der Waals surface area contributed by atoms with E-state index in [1.807, 2.05) is 93.6 Å². The Morgan fingerprint density at radius 1 is 0.436 bits per heavy atom. The monoisotopic (exact) mass is 1390 g/mol. The molecule has 0 aliphatic carbocycles. The maximum absolute atomic E-state index is 15.4. The molecule has 0 saturated heterocycles. The van der Waals surface area contributed by atoms with Gasteiger partial charge < -0.3 is 97.0 Å². The van der Waals surface area contributed by atoms with E-state index in [9.17, 15) is 24.3 Å². The minimum absolute atomic E-state index is 0.0136. The topological polar surface area (TPSA) is 498 Å². The number of aliphatic imine (C=N–C) groups is 2. The van der Waals surface area contributed by atoms with Gasteiger partial charge in [0.2, 0.25) is 47.3 Å². The van der Waals surface area contributed by atoms with Gasteiger partial charge in [-0.05, 0) is 110 Å². The number of nitrogens with zero attached hydrogens (tertiary/aromatic N) is 2. The number of carboxylic acid groups (broad SMARTS) is 1. The van der Waals surface area contributed by atoms with Gasteiger partial charge in [0, 0.05) is 90.1 Å². The summed E-state index contributed by atoms with van der Waals surface area (Å²) in [5.74, 6) is -8.46. The van der Waals surface area contributed by atoms with E-state index in [2.05, 4.69) is 67.5 Å². The van der Waals surface area contributed by atoms with E-state index in [1.54, 1.807) is 55.8 Å². The predicted molar refractivity (Wildman–Crippen MR) is 389 cm³/mol. The molecule has 29 heteroatoms. The van der Waals surface area contributed by atoms with Crippen LogP contribution in [0, 0.1) is 11.8 Å². The van der Waals surface area contributed by atoms with Crippen LogP contribution in [-0.4, -0.2) is 159 Å². The van der Waals surface area contributed by atoms with Crippen LogP contribution in [0.25, 0.3) is 32.7 Å². The van der Waals surface area contributed by atoms with Crippen molar-refractivity contribution in [3.8, 4) is 0 Å². The molecule has 8 amide bonds. The summed E-state index contributed by atoms with van der Waals surface area (Å²) < 4.78 is 0. The second-order valence-corrected chi connectivity index (χ2v) is 25.9. The number of aromatic amines is 3. The molecule has 4 aromatic carbocycles. The first-order chi connectivity index (χ1) is 48.4. The number of unbranched alkanes of at least 4 members (excludes halogenated alkanes) is 1. The van der Waals surface area contributed by atoms with Crippen molar-refractivity contribution in [3.05, 3.63) is 144 Å². The van der Waals surface area contributed by atoms with Crippen molar-refractivity contribution in [2.75, 3.05) is 19.6 Å². The number of rotatable bonds is 41. The van der Waals surface area contributed by atoms with Crippen LogP contribution in [0.4, 0.5) is 0 Å². The third-order valence-electron chi connectivity index (χ3n) is 17.7. The highest BCUT2D eigenvalue weighted by Gasteiger charge is 2.38. The minimum Gasteiger partial charge on any atom is -0.480 e. The number of hydrogen-bond acceptors (Lipinski definition) is 13. The van der Waals surface area contributed by atoms with E-state index in [0.717, 1.165) is 32.7 Å². The first-order valence-corrected chi connectivity index (χ1v) is 34.3. The lowest BCUT2D eigenvalue weighted by molar-refractivity contribution is -0.142. The fourth-order valence-electron chi connectivity index (χ4n) is 12.0. The molecule has 0 bridgehead atoms. The Morgan fingerprint density at radius 2 is 0.802 bits per heavy atom. The van der Waals surface area contributed by atoms with Crippen LogP contribution in [0.1, 0.15) is 108 Å². The zero-order valence-corrected chi connectivity index (χ0v) is 57.7. The molecule has 0 saturated carbocycles. The lowest BCUT2D eigenvalue weighted by Crippen LogP contribution is -2.62. The van der Waals surface area contributed by atoms with E-state index in [1.165, 1.54) is 0 Å². The Morgan fingerprint density at radius 3 is 1.23 bits per heavy atom. The van der Waals surface area contributed by atoms with Gasteiger partial charge in [0.1, 0.15) is 48.3 Å². The number of H-pyrrole nitrogens is 3. The SMILES string of the molecule is CC[C@H](C)[C@H](NC(=O)[C@H](Cc1c[nH]c2ccccc12)NC(=O)[C@H](CCCCN)NC(=O)[C@@H](N)CCCN=C(N)N)C(=O)N[C@@H](Cc1c[nH]c2ccccc12)C(=O)N[C@@H](CCCN=C(N)N)C(=O)N[C@@H](Cc1c[nH]c2ccccc12)C(=O)N[C@@H](Cc1ccccc1)C(=O)N[C@@H](CC(C)C)C(=O)O. The van der Waals surface area contributed by atoms with Crippen molar-refractivity contribution in [2.24, 2.45) is 56.2 Å². The van der Waals surface area contributed by atoms with Gasteiger partial charge >= 0.3 is 5.97 Å². The molecule has 101 heavy (non-hydrogen) atoms. The lowest BCUT2D eigenvalue weighted by atomic mass is 9.95. The fourth-order valence-corrected chi connectivity index (χ4v) is 12.0. The summed E-state index contributed by atoms with van der Waals surface area (Å²) in [4.78, 5) is 149. The van der Waals surface area contributed by atoms with E-state index in [0.29, 0.717) is 54.5 Å². The number of fused-ring (bicyclic) bond motifs is 3. The molecule has 3 heterocycles. The van der Waals surface area contributed by atoms with Crippen molar-refractivity contribution in [2.45, 2.75) is 166 Å². The van der Waals surface area contributed by atoms with Gasteiger partial charge in [-0.2, -0.15) is 0 Å². The fraction of sp³-hybridized carbons (Fsp3) is 0.431. The molecule has 0 aliphatic rings. The van der Waals surface area contributed by atoms with Crippen LogP contribution in [-0.2, 0) is 68.8 Å². The highest BCUT2D eigenvalue weighted by molar-refractivity contribution is 5.99. The number of carbonyl (C=O) groups excluding carboxylic acids is 8. The van der Waals surface area contributed by atoms with Crippen LogP contribution < -0.4 is 76.9 Å². The summed E-state index contributed by atoms with van der Waals surface area (Å²) in [5, 5.41) is 35.0. The first kappa shape index (κ1) is 77.5. The van der Waals surface area contributed by atoms with Gasteiger partial charge in [-0.1, -0.05) is 119 Å². The van der Waals surface area contributed by atoms with Gasteiger partial charge in [0.15, 0.2) is 11.9 Å². The third-order valence-corrected chi connectivity index (χ3v) is 17.7. The van der Waals surface area contributed by atoms with Crippen molar-refractivity contribution < 1.29 is 48.3 Å². The number of aromatic nitrogens is 3. The number of carboxylic acids is 1. The Hall–Kier alpha value is -10.8. The predicted octanol–water partition coefficient (Wildman–Crippen LogP) is 2.02. The summed E-state index contributed by atoms with van der Waals surface area (Å²) in [6.07, 6.45) is 6.77. The average Bonchev–Trinajstić information content (AvgIpc) is 1.74. The van der Waals surface area contributed by atoms with Crippen LogP contribution >= 0.6 is 0 Å². The number of benzene rings is 4. The molecule has 29 nitrogen and oxygen atoms in total. The number of aliphatic carboxylic acids is 1. The standard InChI is InChI=1S/C72H99N19O10/c1-5-42(4)61(91-68(98)59(37-46-40-83-53-27-14-11-23-49(46)53)88-63(93)54(28-15-16-30-73)84-62(92)50(74)24-17-31-79-71(75)76)69(99)89-58(36-45-39-82-52-26-13-10-22-48(45)52)66(96)85-55(29-18-32-80-72(77)78)64(94)87-57(35-44-38-81-51-25-12-9-21-47(44)51)67(97)86-56(34-43-19-7-6-8-20-43)65(95)90-60(70(100)101)33-41(2)3/h6-14,19-23,25-27,38-42,50,54-61,81-83H,5,15-18,24,28-37,73-74H2,1-4H3,(H,84,92)(H,85,96)(H,86,97)(H,87,94)(H,88,93)(H,89,99)(H,90,95)(H,91,98)(H,100,101)(H4,75,76,79)(H4,77,78,80)/t42-,50-,54-,55-,56-,57-,58-,59-,60-,61-/m0/s1. The van der Waals surface area contributed by atoms with Crippen molar-refractivity contribution >= 4 is 97.9 Å². The molecule has 0 radical (unpaired) electrons. The second-order valence-electron chi connectivity index (χ2n) is 25.9. The Balaban J connectivity index is 1.21. The molecule has 0 spiro atoms. The summed E-state index contributed by atoms with van der Waals surface area (Å²) in [5.41, 5.74) is 39.3. The molecule has 3 aromatic heterocycles. The molecule has 10 atom stereocenters. The summed E-state index contributed by atoms with van der Waals surface area (Å²) in [7, 11) is 0. The largest absolute Gasteiger partial charge is 0.480 e. The van der Waals surface area contributed by atoms with Gasteiger partial charge in [-0.25, -0.2) is 4.79 Å². The molecule has 0 fully saturated rings. The Labute approximate surface area is 586 Å². The number of hydrogen-bond donors (Lipinski definition) is 18. The molecule has 542 valence electrons. The first-order valence-electron chi connectivity index (χ1n) is 34.3. The maximum Gasteiger partial charge on any atom is 0.326 e. The average molecular weight is 1390 g/mol. The number of carbonyl (C=O) groups is 9. The van der Waals surface area contributed by atoms with E-state index >= 15 is 24.0 Å². The van der Waals surface area contributed by atoms with E-state index < -0.39 is 114 Å². The van der Waals surface area contributed by atoms with Crippen molar-refractivity contribution in [1.29, 1.82) is 0 Å². The van der Waals surface area contributed by atoms with Gasteiger partial charge in [0.25, 0.3) is 0 Å². The maximum atomic E-state index is 15.4. The molecule has 7 rings (SSSR count). The number of nitrogens with two attached hydrogens (primary N) is 6. The van der Waals surface area contributed by atoms with Crippen LogP contribution in [0.5, 0.6) is 0 Å². The summed E-state index contributed by atoms with van der Waals surface area (Å²) in [6.45, 7) is 7.74. The Kier molecular flexibility index (Phi) is 29.6. The molecule has 7 aromatic rings. The highest BCUT2D eigenvalue weighted by Crippen LogP contribution is 2.24.